The van der Waals surface area contributed by atoms with Crippen LogP contribution in [-0.2, 0) is 0 Å². The van der Waals surface area contributed by atoms with Crippen molar-refractivity contribution in [3.8, 4) is 0 Å². The SMILES string of the molecule is CCCCC1(C)CCC1=C(C)C. The van der Waals surface area contributed by atoms with Gasteiger partial charge in [-0.05, 0) is 38.5 Å². The Morgan fingerprint density at radius 3 is 2.42 bits per heavy atom. The third kappa shape index (κ3) is 1.73. The van der Waals surface area contributed by atoms with E-state index in [1.54, 1.807) is 11.1 Å². The van der Waals surface area contributed by atoms with E-state index in [0.29, 0.717) is 5.41 Å². The van der Waals surface area contributed by atoms with Crippen molar-refractivity contribution in [2.45, 2.75) is 59.8 Å². The molecule has 0 bridgehead atoms. The zero-order valence-corrected chi connectivity index (χ0v) is 9.04. The molecule has 0 aromatic rings. The van der Waals surface area contributed by atoms with Crippen molar-refractivity contribution in [2.24, 2.45) is 5.41 Å². The summed E-state index contributed by atoms with van der Waals surface area (Å²) in [6.07, 6.45) is 6.93. The maximum atomic E-state index is 2.44. The highest BCUT2D eigenvalue weighted by Crippen LogP contribution is 2.50. The van der Waals surface area contributed by atoms with Gasteiger partial charge >= 0.3 is 0 Å². The monoisotopic (exact) mass is 166 g/mol. The van der Waals surface area contributed by atoms with Crippen molar-refractivity contribution in [1.82, 2.24) is 0 Å². The summed E-state index contributed by atoms with van der Waals surface area (Å²) in [5.74, 6) is 0. The van der Waals surface area contributed by atoms with Crippen LogP contribution in [0, 0.1) is 5.41 Å². The van der Waals surface area contributed by atoms with Gasteiger partial charge in [-0.25, -0.2) is 0 Å². The Bertz CT molecular complexity index is 184. The fourth-order valence-corrected chi connectivity index (χ4v) is 2.37. The van der Waals surface area contributed by atoms with Crippen LogP contribution in [0.15, 0.2) is 11.1 Å². The first-order valence-corrected chi connectivity index (χ1v) is 5.27. The third-order valence-corrected chi connectivity index (χ3v) is 3.34. The molecule has 1 aliphatic rings. The summed E-state index contributed by atoms with van der Waals surface area (Å²) in [4.78, 5) is 0. The molecule has 0 spiro atoms. The van der Waals surface area contributed by atoms with E-state index in [1.165, 1.54) is 32.1 Å². The van der Waals surface area contributed by atoms with Crippen molar-refractivity contribution in [1.29, 1.82) is 0 Å². The molecule has 12 heavy (non-hydrogen) atoms. The molecule has 1 atom stereocenters. The quantitative estimate of drug-likeness (QED) is 0.548. The predicted molar refractivity (Wildman–Crippen MR) is 55.2 cm³/mol. The van der Waals surface area contributed by atoms with E-state index < -0.39 is 0 Å². The first-order valence-electron chi connectivity index (χ1n) is 5.27. The molecule has 0 nitrogen and oxygen atoms in total. The van der Waals surface area contributed by atoms with Crippen LogP contribution in [0.2, 0.25) is 0 Å². The van der Waals surface area contributed by atoms with Crippen LogP contribution in [-0.4, -0.2) is 0 Å². The van der Waals surface area contributed by atoms with Crippen LogP contribution in [0.1, 0.15) is 59.8 Å². The number of unbranched alkanes of at least 4 members (excludes halogenated alkanes) is 1. The Morgan fingerprint density at radius 1 is 1.42 bits per heavy atom. The average molecular weight is 166 g/mol. The Morgan fingerprint density at radius 2 is 2.08 bits per heavy atom. The number of rotatable bonds is 3. The largest absolute Gasteiger partial charge is 0.0767 e. The van der Waals surface area contributed by atoms with Crippen LogP contribution in [0.5, 0.6) is 0 Å². The van der Waals surface area contributed by atoms with Crippen molar-refractivity contribution in [3.63, 3.8) is 0 Å². The molecule has 0 amide bonds. The lowest BCUT2D eigenvalue weighted by atomic mass is 9.62. The molecule has 1 saturated carbocycles. The van der Waals surface area contributed by atoms with E-state index in [4.69, 9.17) is 0 Å². The Kier molecular flexibility index (Phi) is 2.98. The van der Waals surface area contributed by atoms with Crippen LogP contribution in [0.25, 0.3) is 0 Å². The first kappa shape index (κ1) is 9.83. The summed E-state index contributed by atoms with van der Waals surface area (Å²) in [6.45, 7) is 9.25. The van der Waals surface area contributed by atoms with E-state index in [1.807, 2.05) is 0 Å². The fraction of sp³-hybridized carbons (Fsp3) is 0.833. The second kappa shape index (κ2) is 3.64. The molecule has 0 aromatic heterocycles. The van der Waals surface area contributed by atoms with Crippen molar-refractivity contribution in [2.75, 3.05) is 0 Å². The van der Waals surface area contributed by atoms with Crippen LogP contribution in [0.3, 0.4) is 0 Å². The van der Waals surface area contributed by atoms with Crippen LogP contribution >= 0.6 is 0 Å². The molecule has 0 heteroatoms. The van der Waals surface area contributed by atoms with E-state index in [2.05, 4.69) is 27.7 Å². The minimum absolute atomic E-state index is 0.592. The highest BCUT2D eigenvalue weighted by atomic mass is 14.4. The molecule has 0 radical (unpaired) electrons. The van der Waals surface area contributed by atoms with Gasteiger partial charge in [-0.1, -0.05) is 37.8 Å². The van der Waals surface area contributed by atoms with Gasteiger partial charge in [0, 0.05) is 0 Å². The zero-order valence-electron chi connectivity index (χ0n) is 9.04. The Hall–Kier alpha value is -0.260. The standard InChI is InChI=1S/C12H22/c1-5-6-8-12(4)9-7-11(12)10(2)3/h5-9H2,1-4H3. The van der Waals surface area contributed by atoms with Gasteiger partial charge in [0.1, 0.15) is 0 Å². The minimum Gasteiger partial charge on any atom is -0.0767 e. The molecule has 0 N–H and O–H groups in total. The molecular weight excluding hydrogens is 144 g/mol. The first-order chi connectivity index (χ1) is 5.60. The minimum atomic E-state index is 0.592. The molecular formula is C12H22. The van der Waals surface area contributed by atoms with Crippen molar-refractivity contribution >= 4 is 0 Å². The van der Waals surface area contributed by atoms with Gasteiger partial charge < -0.3 is 0 Å². The molecule has 70 valence electrons. The van der Waals surface area contributed by atoms with E-state index in [0.717, 1.165) is 0 Å². The van der Waals surface area contributed by atoms with Crippen molar-refractivity contribution < 1.29 is 0 Å². The van der Waals surface area contributed by atoms with Crippen LogP contribution < -0.4 is 0 Å². The summed E-state index contributed by atoms with van der Waals surface area (Å²) in [6, 6.07) is 0. The summed E-state index contributed by atoms with van der Waals surface area (Å²) < 4.78 is 0. The van der Waals surface area contributed by atoms with Gasteiger partial charge in [0.25, 0.3) is 0 Å². The lowest BCUT2D eigenvalue weighted by Gasteiger charge is -2.43. The van der Waals surface area contributed by atoms with E-state index in [-0.39, 0.29) is 0 Å². The third-order valence-electron chi connectivity index (χ3n) is 3.34. The normalized spacial score (nSPS) is 28.5. The Labute approximate surface area is 77.1 Å². The highest BCUT2D eigenvalue weighted by molar-refractivity contribution is 5.26. The molecule has 1 rings (SSSR count). The van der Waals surface area contributed by atoms with Crippen LogP contribution in [0.4, 0.5) is 0 Å². The Balaban J connectivity index is 2.55. The lowest BCUT2D eigenvalue weighted by Crippen LogP contribution is -2.29. The molecule has 1 aliphatic carbocycles. The van der Waals surface area contributed by atoms with E-state index in [9.17, 15) is 0 Å². The van der Waals surface area contributed by atoms with Gasteiger partial charge in [-0.15, -0.1) is 0 Å². The average Bonchev–Trinajstić information content (AvgIpc) is 1.97. The smallest absolute Gasteiger partial charge is 0.0111 e. The summed E-state index contributed by atoms with van der Waals surface area (Å²) in [5.41, 5.74) is 3.91. The molecule has 0 heterocycles. The summed E-state index contributed by atoms with van der Waals surface area (Å²) in [5, 5.41) is 0. The lowest BCUT2D eigenvalue weighted by molar-refractivity contribution is 0.239. The number of hydrogen-bond acceptors (Lipinski definition) is 0. The topological polar surface area (TPSA) is 0 Å². The highest BCUT2D eigenvalue weighted by Gasteiger charge is 2.36. The van der Waals surface area contributed by atoms with Gasteiger partial charge in [-0.2, -0.15) is 0 Å². The van der Waals surface area contributed by atoms with E-state index >= 15 is 0 Å². The molecule has 0 aliphatic heterocycles. The fourth-order valence-electron chi connectivity index (χ4n) is 2.37. The molecule has 1 unspecified atom stereocenters. The molecule has 0 aromatic carbocycles. The number of allylic oxidation sites excluding steroid dienone is 2. The predicted octanol–water partition coefficient (Wildman–Crippen LogP) is 4.31. The maximum Gasteiger partial charge on any atom is -0.0111 e. The van der Waals surface area contributed by atoms with Gasteiger partial charge in [-0.3, -0.25) is 0 Å². The second-order valence-corrected chi connectivity index (χ2v) is 4.64. The maximum absolute atomic E-state index is 2.44. The second-order valence-electron chi connectivity index (χ2n) is 4.64. The number of hydrogen-bond donors (Lipinski definition) is 0. The van der Waals surface area contributed by atoms with Gasteiger partial charge in [0.15, 0.2) is 0 Å². The molecule has 0 saturated heterocycles. The summed E-state index contributed by atoms with van der Waals surface area (Å²) in [7, 11) is 0. The van der Waals surface area contributed by atoms with Gasteiger partial charge in [0.2, 0.25) is 0 Å². The zero-order chi connectivity index (χ0) is 9.19. The van der Waals surface area contributed by atoms with Gasteiger partial charge in [0.05, 0.1) is 0 Å². The summed E-state index contributed by atoms with van der Waals surface area (Å²) >= 11 is 0. The van der Waals surface area contributed by atoms with Crippen molar-refractivity contribution in [3.05, 3.63) is 11.1 Å². The molecule has 1 fully saturated rings.